The van der Waals surface area contributed by atoms with Crippen molar-refractivity contribution in [2.45, 2.75) is 6.42 Å². The molecule has 0 aliphatic carbocycles. The fraction of sp³-hybridized carbons (Fsp3) is 0.357. The van der Waals surface area contributed by atoms with Crippen LogP contribution in [0, 0.1) is 0 Å². The predicted octanol–water partition coefficient (Wildman–Crippen LogP) is 1.92. The molecule has 1 saturated heterocycles. The molecule has 1 aromatic carbocycles. The molecule has 1 N–H and O–H groups in total. The van der Waals surface area contributed by atoms with Crippen molar-refractivity contribution < 1.29 is 19.1 Å². The number of ether oxygens (including phenoxy) is 1. The van der Waals surface area contributed by atoms with Gasteiger partial charge >= 0.3 is 0 Å². The summed E-state index contributed by atoms with van der Waals surface area (Å²) < 4.78 is 5.41. The number of para-hydroxylation sites is 1. The van der Waals surface area contributed by atoms with Crippen molar-refractivity contribution in [2.24, 2.45) is 0 Å². The lowest BCUT2D eigenvalue weighted by molar-refractivity contribution is -0.125. The molecule has 0 bridgehead atoms. The van der Waals surface area contributed by atoms with Crippen LogP contribution in [-0.2, 0) is 9.59 Å². The third-order valence-corrected chi connectivity index (χ3v) is 4.09. The van der Waals surface area contributed by atoms with Crippen LogP contribution in [0.3, 0.4) is 0 Å². The molecule has 0 unspecified atom stereocenters. The average Bonchev–Trinajstić information content (AvgIpc) is 2.81. The Labute approximate surface area is 137 Å². The number of amides is 3. The maximum absolute atomic E-state index is 11.6. The molecule has 1 aromatic rings. The maximum atomic E-state index is 11.6. The smallest absolute Gasteiger partial charge is 0.288 e. The normalized spacial score (nSPS) is 14.3. The van der Waals surface area contributed by atoms with Crippen LogP contribution in [0.4, 0.5) is 4.79 Å². The van der Waals surface area contributed by atoms with Crippen LogP contribution in [0.25, 0.3) is 0 Å². The Hall–Kier alpha value is -1.73. The number of carbonyl (C=O) groups is 3. The molecule has 1 aliphatic heterocycles. The van der Waals surface area contributed by atoms with Crippen LogP contribution in [-0.4, -0.2) is 47.4 Å². The SMILES string of the molecule is O=C(CCOc1ccccc1Cl)NCCN1C(=O)CSC1=O. The summed E-state index contributed by atoms with van der Waals surface area (Å²) >= 11 is 6.90. The number of carbonyl (C=O) groups excluding carboxylic acids is 3. The minimum absolute atomic E-state index is 0.169. The zero-order valence-electron chi connectivity index (χ0n) is 11.7. The number of halogens is 1. The summed E-state index contributed by atoms with van der Waals surface area (Å²) in [4.78, 5) is 35.5. The minimum Gasteiger partial charge on any atom is -0.491 e. The summed E-state index contributed by atoms with van der Waals surface area (Å²) in [6.45, 7) is 0.637. The van der Waals surface area contributed by atoms with Gasteiger partial charge in [-0.3, -0.25) is 19.3 Å². The molecular formula is C14H15ClN2O4S. The highest BCUT2D eigenvalue weighted by Crippen LogP contribution is 2.23. The van der Waals surface area contributed by atoms with E-state index < -0.39 is 0 Å². The van der Waals surface area contributed by atoms with E-state index in [0.29, 0.717) is 10.8 Å². The maximum Gasteiger partial charge on any atom is 0.288 e. The molecular weight excluding hydrogens is 328 g/mol. The molecule has 3 amide bonds. The van der Waals surface area contributed by atoms with E-state index >= 15 is 0 Å². The number of thioether (sulfide) groups is 1. The highest BCUT2D eigenvalue weighted by molar-refractivity contribution is 8.14. The van der Waals surface area contributed by atoms with Crippen molar-refractivity contribution in [3.05, 3.63) is 29.3 Å². The Balaban J connectivity index is 1.63. The number of nitrogens with one attached hydrogen (secondary N) is 1. The van der Waals surface area contributed by atoms with Crippen molar-refractivity contribution in [1.82, 2.24) is 10.2 Å². The van der Waals surface area contributed by atoms with E-state index in [1.807, 2.05) is 0 Å². The van der Waals surface area contributed by atoms with Crippen LogP contribution < -0.4 is 10.1 Å². The zero-order valence-corrected chi connectivity index (χ0v) is 13.3. The highest BCUT2D eigenvalue weighted by Gasteiger charge is 2.29. The number of rotatable bonds is 7. The standard InChI is InChI=1S/C14H15ClN2O4S/c15-10-3-1-2-4-11(10)21-8-5-12(18)16-6-7-17-13(19)9-22-14(17)20/h1-4H,5-9H2,(H,16,18). The topological polar surface area (TPSA) is 75.7 Å². The molecule has 0 radical (unpaired) electrons. The molecule has 1 heterocycles. The second-order valence-corrected chi connectivity index (χ2v) is 5.81. The second-order valence-electron chi connectivity index (χ2n) is 4.48. The van der Waals surface area contributed by atoms with Crippen molar-refractivity contribution in [3.8, 4) is 5.75 Å². The van der Waals surface area contributed by atoms with E-state index in [9.17, 15) is 14.4 Å². The van der Waals surface area contributed by atoms with Gasteiger partial charge in [0.1, 0.15) is 5.75 Å². The predicted molar refractivity (Wildman–Crippen MR) is 84.1 cm³/mol. The average molecular weight is 343 g/mol. The molecule has 0 atom stereocenters. The number of hydrogen-bond acceptors (Lipinski definition) is 5. The van der Waals surface area contributed by atoms with Gasteiger partial charge in [0.15, 0.2) is 0 Å². The van der Waals surface area contributed by atoms with Gasteiger partial charge in [0.05, 0.1) is 23.8 Å². The Morgan fingerprint density at radius 2 is 2.14 bits per heavy atom. The van der Waals surface area contributed by atoms with Crippen molar-refractivity contribution in [2.75, 3.05) is 25.4 Å². The van der Waals surface area contributed by atoms with Crippen molar-refractivity contribution in [1.29, 1.82) is 0 Å². The molecule has 2 rings (SSSR count). The van der Waals surface area contributed by atoms with Gasteiger partial charge in [0, 0.05) is 13.1 Å². The molecule has 22 heavy (non-hydrogen) atoms. The van der Waals surface area contributed by atoms with E-state index in [2.05, 4.69) is 5.32 Å². The lowest BCUT2D eigenvalue weighted by Gasteiger charge is -2.13. The van der Waals surface area contributed by atoms with E-state index in [1.165, 1.54) is 0 Å². The number of imide groups is 1. The van der Waals surface area contributed by atoms with Crippen molar-refractivity contribution >= 4 is 40.4 Å². The van der Waals surface area contributed by atoms with E-state index in [4.69, 9.17) is 16.3 Å². The molecule has 1 aliphatic rings. The van der Waals surface area contributed by atoms with Crippen LogP contribution in [0.1, 0.15) is 6.42 Å². The molecule has 0 aromatic heterocycles. The molecule has 1 fully saturated rings. The third kappa shape index (κ3) is 4.64. The first-order valence-electron chi connectivity index (χ1n) is 6.69. The van der Waals surface area contributed by atoms with Gasteiger partial charge in [-0.1, -0.05) is 35.5 Å². The summed E-state index contributed by atoms with van der Waals surface area (Å²) in [5.41, 5.74) is 0. The second kappa shape index (κ2) is 8.05. The van der Waals surface area contributed by atoms with E-state index in [-0.39, 0.29) is 48.9 Å². The van der Waals surface area contributed by atoms with E-state index in [1.54, 1.807) is 24.3 Å². The summed E-state index contributed by atoms with van der Waals surface area (Å²) in [7, 11) is 0. The lowest BCUT2D eigenvalue weighted by Crippen LogP contribution is -2.37. The van der Waals surface area contributed by atoms with Crippen molar-refractivity contribution in [3.63, 3.8) is 0 Å². The van der Waals surface area contributed by atoms with Gasteiger partial charge in [0.2, 0.25) is 11.8 Å². The highest BCUT2D eigenvalue weighted by atomic mass is 35.5. The first kappa shape index (κ1) is 16.6. The van der Waals surface area contributed by atoms with Crippen LogP contribution in [0.2, 0.25) is 5.02 Å². The fourth-order valence-corrected chi connectivity index (χ4v) is 2.75. The zero-order chi connectivity index (χ0) is 15.9. The summed E-state index contributed by atoms with van der Waals surface area (Å²) in [6.07, 6.45) is 0.169. The lowest BCUT2D eigenvalue weighted by atomic mass is 10.3. The minimum atomic E-state index is -0.263. The summed E-state index contributed by atoms with van der Waals surface area (Å²) in [6, 6.07) is 7.02. The van der Waals surface area contributed by atoms with Crippen LogP contribution >= 0.6 is 23.4 Å². The third-order valence-electron chi connectivity index (χ3n) is 2.92. The Morgan fingerprint density at radius 3 is 2.82 bits per heavy atom. The first-order chi connectivity index (χ1) is 10.6. The molecule has 0 spiro atoms. The molecule has 0 saturated carbocycles. The summed E-state index contributed by atoms with van der Waals surface area (Å²) in [5, 5.41) is 2.87. The quantitative estimate of drug-likeness (QED) is 0.819. The van der Waals surface area contributed by atoms with Crippen LogP contribution in [0.15, 0.2) is 24.3 Å². The van der Waals surface area contributed by atoms with Gasteiger partial charge in [-0.25, -0.2) is 0 Å². The Bertz CT molecular complexity index is 566. The van der Waals surface area contributed by atoms with Gasteiger partial charge in [-0.05, 0) is 12.1 Å². The number of benzene rings is 1. The van der Waals surface area contributed by atoms with E-state index in [0.717, 1.165) is 16.7 Å². The molecule has 6 nitrogen and oxygen atoms in total. The fourth-order valence-electron chi connectivity index (χ4n) is 1.81. The Kier molecular flexibility index (Phi) is 6.09. The van der Waals surface area contributed by atoms with Gasteiger partial charge in [-0.15, -0.1) is 0 Å². The number of nitrogens with zero attached hydrogens (tertiary/aromatic N) is 1. The molecule has 8 heteroatoms. The number of hydrogen-bond donors (Lipinski definition) is 1. The summed E-state index contributed by atoms with van der Waals surface area (Å²) in [5.74, 6) is 0.283. The molecule has 118 valence electrons. The first-order valence-corrected chi connectivity index (χ1v) is 8.05. The Morgan fingerprint density at radius 1 is 1.36 bits per heavy atom. The van der Waals surface area contributed by atoms with Gasteiger partial charge in [0.25, 0.3) is 5.24 Å². The van der Waals surface area contributed by atoms with Gasteiger partial charge < -0.3 is 10.1 Å². The largest absolute Gasteiger partial charge is 0.491 e. The van der Waals surface area contributed by atoms with Gasteiger partial charge in [-0.2, -0.15) is 0 Å². The monoisotopic (exact) mass is 342 g/mol. The van der Waals surface area contributed by atoms with Crippen LogP contribution in [0.5, 0.6) is 5.75 Å².